The third kappa shape index (κ3) is 4.65. The molecule has 0 bridgehead atoms. The molecule has 0 spiro atoms. The van der Waals surface area contributed by atoms with E-state index in [1.54, 1.807) is 31.4 Å². The maximum absolute atomic E-state index is 13.1. The summed E-state index contributed by atoms with van der Waals surface area (Å²) in [7, 11) is 1.61. The Morgan fingerprint density at radius 2 is 1.72 bits per heavy atom. The lowest BCUT2D eigenvalue weighted by atomic mass is 9.88. The summed E-state index contributed by atoms with van der Waals surface area (Å²) in [6, 6.07) is 12.5. The van der Waals surface area contributed by atoms with Gasteiger partial charge < -0.3 is 15.0 Å². The maximum Gasteiger partial charge on any atom is 0.313 e. The van der Waals surface area contributed by atoms with Crippen molar-refractivity contribution in [2.75, 3.05) is 25.5 Å². The van der Waals surface area contributed by atoms with E-state index in [-0.39, 0.29) is 18.2 Å². The van der Waals surface area contributed by atoms with E-state index in [4.69, 9.17) is 4.74 Å². The Hall–Kier alpha value is -3.15. The number of hydrogen-bond acceptors (Lipinski definition) is 4. The van der Waals surface area contributed by atoms with Gasteiger partial charge in [0.1, 0.15) is 5.75 Å². The number of hydrogen-bond donors (Lipinski definition) is 1. The number of benzene rings is 2. The maximum atomic E-state index is 13.1. The molecule has 1 saturated heterocycles. The number of anilines is 1. The van der Waals surface area contributed by atoms with Crippen LogP contribution in [-0.2, 0) is 9.59 Å². The molecule has 0 aliphatic carbocycles. The van der Waals surface area contributed by atoms with Crippen LogP contribution >= 0.6 is 0 Å². The van der Waals surface area contributed by atoms with E-state index < -0.39 is 11.8 Å². The zero-order valence-corrected chi connectivity index (χ0v) is 17.0. The largest absolute Gasteiger partial charge is 0.496 e. The minimum Gasteiger partial charge on any atom is -0.496 e. The molecular weight excluding hydrogens is 368 g/mol. The van der Waals surface area contributed by atoms with Crippen LogP contribution in [0.1, 0.15) is 34.3 Å². The van der Waals surface area contributed by atoms with Gasteiger partial charge in [-0.25, -0.2) is 0 Å². The van der Waals surface area contributed by atoms with Gasteiger partial charge in [-0.2, -0.15) is 0 Å². The molecule has 6 heteroatoms. The van der Waals surface area contributed by atoms with Gasteiger partial charge in [-0.05, 0) is 62.1 Å². The molecule has 1 aliphatic heterocycles. The Bertz CT molecular complexity index is 901. The number of Topliss-reactive ketones (excluding diaryl/α,β-unsaturated/α-hetero) is 1. The monoisotopic (exact) mass is 394 g/mol. The molecule has 1 aliphatic rings. The van der Waals surface area contributed by atoms with Crippen LogP contribution in [0, 0.1) is 19.8 Å². The number of nitrogens with one attached hydrogen (secondary N) is 1. The number of piperidine rings is 1. The summed E-state index contributed by atoms with van der Waals surface area (Å²) in [5, 5.41) is 2.61. The first kappa shape index (κ1) is 20.6. The summed E-state index contributed by atoms with van der Waals surface area (Å²) in [6.07, 6.45) is 1.39. The lowest BCUT2D eigenvalue weighted by molar-refractivity contribution is -0.144. The van der Waals surface area contributed by atoms with Crippen molar-refractivity contribution in [2.45, 2.75) is 26.7 Å². The Kier molecular flexibility index (Phi) is 6.32. The van der Waals surface area contributed by atoms with E-state index in [0.717, 1.165) is 16.9 Å². The zero-order chi connectivity index (χ0) is 21.0. The van der Waals surface area contributed by atoms with Crippen molar-refractivity contribution in [3.05, 3.63) is 59.2 Å². The molecule has 1 unspecified atom stereocenters. The molecule has 2 aromatic carbocycles. The highest BCUT2D eigenvalue weighted by atomic mass is 16.5. The smallest absolute Gasteiger partial charge is 0.313 e. The number of methoxy groups -OCH3 is 1. The van der Waals surface area contributed by atoms with Crippen molar-refractivity contribution in [1.82, 2.24) is 4.90 Å². The van der Waals surface area contributed by atoms with Crippen LogP contribution in [0.5, 0.6) is 5.75 Å². The van der Waals surface area contributed by atoms with Gasteiger partial charge in [-0.3, -0.25) is 14.4 Å². The fourth-order valence-corrected chi connectivity index (χ4v) is 3.88. The number of likely N-dealkylation sites (tertiary alicyclic amines) is 1. The lowest BCUT2D eigenvalue weighted by Gasteiger charge is -2.31. The third-order valence-electron chi connectivity index (χ3n) is 5.25. The van der Waals surface area contributed by atoms with E-state index in [1.807, 2.05) is 32.0 Å². The van der Waals surface area contributed by atoms with Gasteiger partial charge in [0.15, 0.2) is 5.78 Å². The predicted octanol–water partition coefficient (Wildman–Crippen LogP) is 3.37. The second kappa shape index (κ2) is 8.90. The van der Waals surface area contributed by atoms with Gasteiger partial charge in [0.25, 0.3) is 0 Å². The number of para-hydroxylation sites is 1. The Morgan fingerprint density at radius 3 is 2.34 bits per heavy atom. The highest BCUT2D eigenvalue weighted by molar-refractivity contribution is 6.39. The minimum atomic E-state index is -0.680. The fourth-order valence-electron chi connectivity index (χ4n) is 3.88. The lowest BCUT2D eigenvalue weighted by Crippen LogP contribution is -2.46. The highest BCUT2D eigenvalue weighted by Crippen LogP contribution is 2.28. The first-order valence-corrected chi connectivity index (χ1v) is 9.75. The summed E-state index contributed by atoms with van der Waals surface area (Å²) >= 11 is 0. The Balaban J connectivity index is 1.69. The molecule has 0 radical (unpaired) electrons. The number of rotatable bonds is 4. The van der Waals surface area contributed by atoms with Crippen LogP contribution in [0.3, 0.4) is 0 Å². The SMILES string of the molecule is COc1c(C)cc(C(=O)C2CCCN(C(=O)C(=O)Nc3ccccc3)C2)cc1C. The van der Waals surface area contributed by atoms with Crippen LogP contribution in [0.25, 0.3) is 0 Å². The first-order valence-electron chi connectivity index (χ1n) is 9.75. The number of aryl methyl sites for hydroxylation is 2. The summed E-state index contributed by atoms with van der Waals surface area (Å²) in [6.45, 7) is 4.55. The topological polar surface area (TPSA) is 75.7 Å². The molecule has 2 aromatic rings. The molecular formula is C23H26N2O4. The van der Waals surface area contributed by atoms with Crippen molar-refractivity contribution in [3.8, 4) is 5.75 Å². The quantitative estimate of drug-likeness (QED) is 0.637. The molecule has 1 heterocycles. The molecule has 1 fully saturated rings. The number of amides is 2. The summed E-state index contributed by atoms with van der Waals surface area (Å²) < 4.78 is 5.37. The van der Waals surface area contributed by atoms with Gasteiger partial charge >= 0.3 is 11.8 Å². The van der Waals surface area contributed by atoms with Gasteiger partial charge in [0.05, 0.1) is 7.11 Å². The number of carbonyl (C=O) groups is 3. The van der Waals surface area contributed by atoms with Crippen LogP contribution < -0.4 is 10.1 Å². The molecule has 0 saturated carbocycles. The van der Waals surface area contributed by atoms with Crippen molar-refractivity contribution < 1.29 is 19.1 Å². The van der Waals surface area contributed by atoms with Crippen LogP contribution in [0.4, 0.5) is 5.69 Å². The average Bonchev–Trinajstić information content (AvgIpc) is 2.73. The van der Waals surface area contributed by atoms with Crippen LogP contribution in [0.15, 0.2) is 42.5 Å². The predicted molar refractivity (Wildman–Crippen MR) is 111 cm³/mol. The van der Waals surface area contributed by atoms with E-state index >= 15 is 0 Å². The number of nitrogens with zero attached hydrogens (tertiary/aromatic N) is 1. The second-order valence-corrected chi connectivity index (χ2v) is 7.42. The van der Waals surface area contributed by atoms with E-state index in [1.165, 1.54) is 4.90 Å². The van der Waals surface area contributed by atoms with E-state index in [0.29, 0.717) is 30.6 Å². The number of carbonyl (C=O) groups excluding carboxylic acids is 3. The van der Waals surface area contributed by atoms with Gasteiger partial charge in [0.2, 0.25) is 0 Å². The van der Waals surface area contributed by atoms with Crippen molar-refractivity contribution in [2.24, 2.45) is 5.92 Å². The Morgan fingerprint density at radius 1 is 1.07 bits per heavy atom. The number of ether oxygens (including phenoxy) is 1. The van der Waals surface area contributed by atoms with Crippen molar-refractivity contribution in [3.63, 3.8) is 0 Å². The van der Waals surface area contributed by atoms with Gasteiger partial charge in [-0.15, -0.1) is 0 Å². The molecule has 2 amide bonds. The molecule has 152 valence electrons. The first-order chi connectivity index (χ1) is 13.9. The van der Waals surface area contributed by atoms with Crippen molar-refractivity contribution >= 4 is 23.3 Å². The highest BCUT2D eigenvalue weighted by Gasteiger charge is 2.32. The summed E-state index contributed by atoms with van der Waals surface area (Å²) in [5.74, 6) is -0.822. The summed E-state index contributed by atoms with van der Waals surface area (Å²) in [5.41, 5.74) is 3.00. The second-order valence-electron chi connectivity index (χ2n) is 7.42. The third-order valence-corrected chi connectivity index (χ3v) is 5.25. The molecule has 0 aromatic heterocycles. The molecule has 29 heavy (non-hydrogen) atoms. The average molecular weight is 394 g/mol. The minimum absolute atomic E-state index is 0.000166. The molecule has 1 N–H and O–H groups in total. The van der Waals surface area contributed by atoms with Gasteiger partial charge in [0, 0.05) is 30.3 Å². The molecule has 3 rings (SSSR count). The number of ketones is 1. The van der Waals surface area contributed by atoms with E-state index in [9.17, 15) is 14.4 Å². The van der Waals surface area contributed by atoms with Crippen LogP contribution in [-0.4, -0.2) is 42.7 Å². The van der Waals surface area contributed by atoms with Crippen LogP contribution in [0.2, 0.25) is 0 Å². The van der Waals surface area contributed by atoms with Gasteiger partial charge in [-0.1, -0.05) is 18.2 Å². The summed E-state index contributed by atoms with van der Waals surface area (Å²) in [4.78, 5) is 39.4. The molecule has 1 atom stereocenters. The standard InChI is InChI=1S/C23H26N2O4/c1-15-12-18(13-16(2)21(15)29-3)20(26)17-8-7-11-25(14-17)23(28)22(27)24-19-9-5-4-6-10-19/h4-6,9-10,12-13,17H,7-8,11,14H2,1-3H3,(H,24,27). The fraction of sp³-hybridized carbons (Fsp3) is 0.348. The normalized spacial score (nSPS) is 16.2. The zero-order valence-electron chi connectivity index (χ0n) is 17.0. The van der Waals surface area contributed by atoms with E-state index in [2.05, 4.69) is 5.32 Å². The Labute approximate surface area is 170 Å². The molecule has 6 nitrogen and oxygen atoms in total. The van der Waals surface area contributed by atoms with Crippen molar-refractivity contribution in [1.29, 1.82) is 0 Å².